The van der Waals surface area contributed by atoms with Gasteiger partial charge in [-0.2, -0.15) is 0 Å². The fourth-order valence-electron chi connectivity index (χ4n) is 1.29. The Bertz CT molecular complexity index is 327. The number of carbonyl (C=O) groups excluding carboxylic acids is 1. The maximum Gasteiger partial charge on any atom is 1.00 e. The van der Waals surface area contributed by atoms with Gasteiger partial charge in [-0.05, 0) is 37.0 Å². The van der Waals surface area contributed by atoms with Gasteiger partial charge in [-0.3, -0.25) is 0 Å². The fraction of sp³-hybridized carbons (Fsp3) is 0.364. The molecule has 0 aliphatic heterocycles. The van der Waals surface area contributed by atoms with Crippen LogP contribution >= 0.6 is 0 Å². The molecule has 5 heteroatoms. The van der Waals surface area contributed by atoms with Crippen molar-refractivity contribution in [3.8, 4) is 0 Å². The van der Waals surface area contributed by atoms with Crippen LogP contribution in [0.3, 0.4) is 0 Å². The SMILES string of the molecule is O=C([O-])CCC[C@H](O)c1ccc(F)cc1.[Li+]. The van der Waals surface area contributed by atoms with Gasteiger partial charge in [0.15, 0.2) is 0 Å². The molecule has 0 saturated heterocycles. The van der Waals surface area contributed by atoms with Gasteiger partial charge in [-0.15, -0.1) is 0 Å². The summed E-state index contributed by atoms with van der Waals surface area (Å²) in [5.41, 5.74) is 0.592. The van der Waals surface area contributed by atoms with Crippen LogP contribution in [0.25, 0.3) is 0 Å². The monoisotopic (exact) mass is 218 g/mol. The molecule has 1 N–H and O–H groups in total. The average molecular weight is 218 g/mol. The molecule has 0 radical (unpaired) electrons. The maximum atomic E-state index is 12.5. The first kappa shape index (κ1) is 15.2. The van der Waals surface area contributed by atoms with Gasteiger partial charge >= 0.3 is 18.9 Å². The Morgan fingerprint density at radius 3 is 2.44 bits per heavy atom. The fourth-order valence-corrected chi connectivity index (χ4v) is 1.29. The Morgan fingerprint density at radius 2 is 1.94 bits per heavy atom. The number of aliphatic carboxylic acids is 1. The first-order chi connectivity index (χ1) is 7.09. The third-order valence-electron chi connectivity index (χ3n) is 2.11. The van der Waals surface area contributed by atoms with Crippen LogP contribution in [0.5, 0.6) is 0 Å². The summed E-state index contributed by atoms with van der Waals surface area (Å²) in [7, 11) is 0. The number of carboxylic acid groups (broad SMARTS) is 1. The Labute approximate surface area is 105 Å². The predicted octanol–water partition coefficient (Wildman–Crippen LogP) is -2.22. The summed E-state index contributed by atoms with van der Waals surface area (Å²) in [6, 6.07) is 5.49. The van der Waals surface area contributed by atoms with Crippen LogP contribution < -0.4 is 24.0 Å². The summed E-state index contributed by atoms with van der Waals surface area (Å²) in [6.45, 7) is 0. The Morgan fingerprint density at radius 1 is 1.38 bits per heavy atom. The quantitative estimate of drug-likeness (QED) is 0.570. The Kier molecular flexibility index (Phi) is 7.07. The second kappa shape index (κ2) is 7.45. The minimum Gasteiger partial charge on any atom is -0.550 e. The largest absolute Gasteiger partial charge is 1.00 e. The minimum atomic E-state index is -1.12. The molecule has 1 rings (SSSR count). The number of hydrogen-bond acceptors (Lipinski definition) is 3. The number of aliphatic hydroxyl groups is 1. The van der Waals surface area contributed by atoms with Gasteiger partial charge in [-0.25, -0.2) is 4.39 Å². The number of benzene rings is 1. The van der Waals surface area contributed by atoms with Gasteiger partial charge in [0.05, 0.1) is 6.10 Å². The normalized spacial score (nSPS) is 11.6. The molecule has 0 aromatic heterocycles. The summed E-state index contributed by atoms with van der Waals surface area (Å²) >= 11 is 0. The van der Waals surface area contributed by atoms with E-state index in [1.54, 1.807) is 0 Å². The van der Waals surface area contributed by atoms with Crippen LogP contribution in [-0.2, 0) is 4.79 Å². The topological polar surface area (TPSA) is 60.4 Å². The van der Waals surface area contributed by atoms with Crippen molar-refractivity contribution in [3.63, 3.8) is 0 Å². The van der Waals surface area contributed by atoms with Crippen molar-refractivity contribution >= 4 is 5.97 Å². The van der Waals surface area contributed by atoms with E-state index in [9.17, 15) is 19.4 Å². The summed E-state index contributed by atoms with van der Waals surface area (Å²) in [5, 5.41) is 19.7. The molecule has 0 amide bonds. The van der Waals surface area contributed by atoms with Crippen LogP contribution in [-0.4, -0.2) is 11.1 Å². The van der Waals surface area contributed by atoms with Crippen molar-refractivity contribution in [1.29, 1.82) is 0 Å². The zero-order valence-corrected chi connectivity index (χ0v) is 9.15. The predicted molar refractivity (Wildman–Crippen MR) is 50.2 cm³/mol. The third-order valence-corrected chi connectivity index (χ3v) is 2.11. The zero-order chi connectivity index (χ0) is 11.3. The van der Waals surface area contributed by atoms with E-state index >= 15 is 0 Å². The van der Waals surface area contributed by atoms with Crippen molar-refractivity contribution in [2.75, 3.05) is 0 Å². The van der Waals surface area contributed by atoms with Gasteiger partial charge in [0.1, 0.15) is 5.82 Å². The molecular weight excluding hydrogens is 206 g/mol. The number of hydrogen-bond donors (Lipinski definition) is 1. The Hall–Kier alpha value is -0.823. The van der Waals surface area contributed by atoms with Crippen LogP contribution in [0, 0.1) is 5.82 Å². The molecule has 1 aromatic carbocycles. The van der Waals surface area contributed by atoms with Crippen LogP contribution in [0.4, 0.5) is 4.39 Å². The van der Waals surface area contributed by atoms with E-state index < -0.39 is 12.1 Å². The van der Waals surface area contributed by atoms with Crippen LogP contribution in [0.2, 0.25) is 0 Å². The smallest absolute Gasteiger partial charge is 0.550 e. The van der Waals surface area contributed by atoms with Crippen molar-refractivity contribution in [3.05, 3.63) is 35.6 Å². The van der Waals surface area contributed by atoms with E-state index in [4.69, 9.17) is 0 Å². The number of rotatable bonds is 5. The van der Waals surface area contributed by atoms with Gasteiger partial charge in [0, 0.05) is 5.97 Å². The number of carboxylic acids is 1. The molecule has 0 bridgehead atoms. The number of carbonyl (C=O) groups is 1. The molecule has 0 aliphatic carbocycles. The Balaban J connectivity index is 0.00000225. The first-order valence-electron chi connectivity index (χ1n) is 4.73. The van der Waals surface area contributed by atoms with E-state index in [2.05, 4.69) is 0 Å². The standard InChI is InChI=1S/C11H13FO3.Li/c12-9-6-4-8(5-7-9)10(13)2-1-3-11(14)15;/h4-7,10,13H,1-3H2,(H,14,15);/q;+1/p-1/t10-;/m0./s1. The molecule has 16 heavy (non-hydrogen) atoms. The number of halogens is 1. The van der Waals surface area contributed by atoms with Gasteiger partial charge in [0.2, 0.25) is 0 Å². The molecule has 0 spiro atoms. The molecule has 3 nitrogen and oxygen atoms in total. The summed E-state index contributed by atoms with van der Waals surface area (Å²) in [5.74, 6) is -1.48. The summed E-state index contributed by atoms with van der Waals surface area (Å²) < 4.78 is 12.5. The molecule has 0 fully saturated rings. The summed E-state index contributed by atoms with van der Waals surface area (Å²) in [6.07, 6.45) is -0.136. The second-order valence-corrected chi connectivity index (χ2v) is 3.33. The maximum absolute atomic E-state index is 12.5. The van der Waals surface area contributed by atoms with E-state index in [1.165, 1.54) is 24.3 Å². The van der Waals surface area contributed by atoms with Crippen LogP contribution in [0.15, 0.2) is 24.3 Å². The molecule has 1 aromatic rings. The first-order valence-corrected chi connectivity index (χ1v) is 4.73. The van der Waals surface area contributed by atoms with Crippen molar-refractivity contribution < 1.29 is 38.3 Å². The minimum absolute atomic E-state index is 0. The molecular formula is C11H12FLiO3. The molecule has 0 saturated carbocycles. The molecule has 0 unspecified atom stereocenters. The molecule has 0 heterocycles. The molecule has 82 valence electrons. The van der Waals surface area contributed by atoms with Gasteiger partial charge in [0.25, 0.3) is 0 Å². The third kappa shape index (κ3) is 5.31. The van der Waals surface area contributed by atoms with E-state index in [0.717, 1.165) is 0 Å². The number of aliphatic hydroxyl groups excluding tert-OH is 1. The molecule has 1 atom stereocenters. The van der Waals surface area contributed by atoms with Crippen molar-refractivity contribution in [1.82, 2.24) is 0 Å². The summed E-state index contributed by atoms with van der Waals surface area (Å²) in [4.78, 5) is 10.1. The van der Waals surface area contributed by atoms with Crippen LogP contribution in [0.1, 0.15) is 30.9 Å². The average Bonchev–Trinajstić information content (AvgIpc) is 2.18. The van der Waals surface area contributed by atoms with E-state index in [0.29, 0.717) is 18.4 Å². The van der Waals surface area contributed by atoms with E-state index in [1.807, 2.05) is 0 Å². The van der Waals surface area contributed by atoms with E-state index in [-0.39, 0.29) is 31.1 Å². The molecule has 0 aliphatic rings. The van der Waals surface area contributed by atoms with Gasteiger partial charge < -0.3 is 15.0 Å². The second-order valence-electron chi connectivity index (χ2n) is 3.33. The van der Waals surface area contributed by atoms with Crippen molar-refractivity contribution in [2.24, 2.45) is 0 Å². The van der Waals surface area contributed by atoms with Crippen molar-refractivity contribution in [2.45, 2.75) is 25.4 Å². The zero-order valence-electron chi connectivity index (χ0n) is 9.15. The van der Waals surface area contributed by atoms with Gasteiger partial charge in [-0.1, -0.05) is 12.1 Å².